The minimum Gasteiger partial charge on any atom is -0.366 e. The van der Waals surface area contributed by atoms with Crippen LogP contribution in [0.3, 0.4) is 0 Å². The fourth-order valence-corrected chi connectivity index (χ4v) is 1.31. The summed E-state index contributed by atoms with van der Waals surface area (Å²) in [6, 6.07) is 0.778. The lowest BCUT2D eigenvalue weighted by Gasteiger charge is -2.09. The van der Waals surface area contributed by atoms with Gasteiger partial charge in [0.15, 0.2) is 0 Å². The molecule has 0 bridgehead atoms. The molecule has 0 fully saturated rings. The highest BCUT2D eigenvalue weighted by molar-refractivity contribution is 14.1. The van der Waals surface area contributed by atoms with Gasteiger partial charge in [0.05, 0.1) is 11.1 Å². The molecule has 0 aromatic carbocycles. The van der Waals surface area contributed by atoms with Gasteiger partial charge < -0.3 is 5.73 Å². The number of carbonyl (C=O) groups is 1. The fraction of sp³-hybridized carbons (Fsp3) is 0.143. The van der Waals surface area contributed by atoms with Crippen LogP contribution in [0.25, 0.3) is 0 Å². The van der Waals surface area contributed by atoms with Crippen LogP contribution in [0.5, 0.6) is 0 Å². The standard InChI is InChI=1S/C7H4F3IN2O/c8-7(9,10)4-1-5(11)13-2-3(4)6(12)14/h1-2H,(H2,12,14). The molecular formula is C7H4F3IN2O. The van der Waals surface area contributed by atoms with Crippen LogP contribution in [0.1, 0.15) is 15.9 Å². The number of amides is 1. The number of hydrogen-bond donors (Lipinski definition) is 1. The number of nitrogens with two attached hydrogens (primary N) is 1. The quantitative estimate of drug-likeness (QED) is 0.634. The van der Waals surface area contributed by atoms with Gasteiger partial charge in [-0.3, -0.25) is 4.79 Å². The van der Waals surface area contributed by atoms with Crippen molar-refractivity contribution < 1.29 is 18.0 Å². The maximum Gasteiger partial charge on any atom is 0.417 e. The molecule has 0 spiro atoms. The summed E-state index contributed by atoms with van der Waals surface area (Å²) in [4.78, 5) is 14.2. The molecule has 1 rings (SSSR count). The highest BCUT2D eigenvalue weighted by Crippen LogP contribution is 2.32. The maximum absolute atomic E-state index is 12.3. The molecule has 0 saturated heterocycles. The highest BCUT2D eigenvalue weighted by Gasteiger charge is 2.35. The summed E-state index contributed by atoms with van der Waals surface area (Å²) >= 11 is 1.62. The van der Waals surface area contributed by atoms with Crippen molar-refractivity contribution in [2.45, 2.75) is 6.18 Å². The second-order valence-electron chi connectivity index (χ2n) is 2.41. The van der Waals surface area contributed by atoms with Crippen molar-refractivity contribution in [2.24, 2.45) is 5.73 Å². The monoisotopic (exact) mass is 316 g/mol. The Labute approximate surface area is 90.6 Å². The van der Waals surface area contributed by atoms with E-state index in [4.69, 9.17) is 5.73 Å². The summed E-state index contributed by atoms with van der Waals surface area (Å²) in [7, 11) is 0. The van der Waals surface area contributed by atoms with E-state index in [1.807, 2.05) is 0 Å². The lowest BCUT2D eigenvalue weighted by Crippen LogP contribution is -2.19. The Morgan fingerprint density at radius 1 is 1.50 bits per heavy atom. The molecule has 0 aliphatic heterocycles. The second-order valence-corrected chi connectivity index (χ2v) is 3.52. The third-order valence-corrected chi connectivity index (χ3v) is 2.03. The Balaban J connectivity index is 3.38. The molecule has 76 valence electrons. The van der Waals surface area contributed by atoms with Crippen molar-refractivity contribution in [2.75, 3.05) is 0 Å². The number of halogens is 4. The van der Waals surface area contributed by atoms with Crippen molar-refractivity contribution in [3.05, 3.63) is 27.1 Å². The number of primary amides is 1. The van der Waals surface area contributed by atoms with Crippen molar-refractivity contribution in [1.29, 1.82) is 0 Å². The average Bonchev–Trinajstić information content (AvgIpc) is 2.01. The Morgan fingerprint density at radius 3 is 2.50 bits per heavy atom. The molecule has 14 heavy (non-hydrogen) atoms. The van der Waals surface area contributed by atoms with Gasteiger partial charge in [0.1, 0.15) is 3.70 Å². The number of aromatic nitrogens is 1. The van der Waals surface area contributed by atoms with E-state index in [9.17, 15) is 18.0 Å². The minimum absolute atomic E-state index is 0.153. The molecule has 7 heteroatoms. The summed E-state index contributed by atoms with van der Waals surface area (Å²) in [6.45, 7) is 0. The molecule has 1 heterocycles. The first-order chi connectivity index (χ1) is 6.32. The van der Waals surface area contributed by atoms with E-state index in [-0.39, 0.29) is 3.70 Å². The van der Waals surface area contributed by atoms with Gasteiger partial charge in [0.2, 0.25) is 0 Å². The third kappa shape index (κ3) is 2.34. The van der Waals surface area contributed by atoms with Crippen LogP contribution in [0.2, 0.25) is 0 Å². The third-order valence-electron chi connectivity index (χ3n) is 1.44. The molecule has 0 unspecified atom stereocenters. The molecule has 0 saturated carbocycles. The number of alkyl halides is 3. The number of carbonyl (C=O) groups excluding carboxylic acids is 1. The normalized spacial score (nSPS) is 11.4. The van der Waals surface area contributed by atoms with Crippen LogP contribution in [0.4, 0.5) is 13.2 Å². The lowest BCUT2D eigenvalue weighted by molar-refractivity contribution is -0.138. The van der Waals surface area contributed by atoms with Crippen LogP contribution >= 0.6 is 22.6 Å². The second kappa shape index (κ2) is 3.71. The van der Waals surface area contributed by atoms with Crippen molar-refractivity contribution in [3.8, 4) is 0 Å². The molecule has 3 nitrogen and oxygen atoms in total. The first-order valence-electron chi connectivity index (χ1n) is 3.35. The van der Waals surface area contributed by atoms with Gasteiger partial charge in [0, 0.05) is 6.20 Å². The predicted molar refractivity (Wildman–Crippen MR) is 50.5 cm³/mol. The fourth-order valence-electron chi connectivity index (χ4n) is 0.861. The van der Waals surface area contributed by atoms with Crippen LogP contribution in [0.15, 0.2) is 12.3 Å². The Morgan fingerprint density at radius 2 is 2.07 bits per heavy atom. The molecular weight excluding hydrogens is 312 g/mol. The summed E-state index contributed by atoms with van der Waals surface area (Å²) in [5.41, 5.74) is 3.12. The molecule has 2 N–H and O–H groups in total. The van der Waals surface area contributed by atoms with Gasteiger partial charge >= 0.3 is 6.18 Å². The zero-order chi connectivity index (χ0) is 10.9. The van der Waals surface area contributed by atoms with Gasteiger partial charge in [-0.25, -0.2) is 4.98 Å². The molecule has 0 aliphatic carbocycles. The van der Waals surface area contributed by atoms with Crippen LogP contribution in [-0.4, -0.2) is 10.9 Å². The Bertz CT molecular complexity index is 378. The van der Waals surface area contributed by atoms with Crippen molar-refractivity contribution >= 4 is 28.5 Å². The van der Waals surface area contributed by atoms with E-state index in [2.05, 4.69) is 4.98 Å². The van der Waals surface area contributed by atoms with E-state index in [1.165, 1.54) is 0 Å². The van der Waals surface area contributed by atoms with Crippen LogP contribution in [-0.2, 0) is 6.18 Å². The molecule has 1 aromatic rings. The molecule has 0 radical (unpaired) electrons. The SMILES string of the molecule is NC(=O)c1cnc(I)cc1C(F)(F)F. The molecule has 1 amide bonds. The van der Waals surface area contributed by atoms with Gasteiger partial charge in [-0.1, -0.05) is 0 Å². The number of pyridine rings is 1. The summed E-state index contributed by atoms with van der Waals surface area (Å²) in [5, 5.41) is 0. The van der Waals surface area contributed by atoms with E-state index in [0.717, 1.165) is 12.3 Å². The topological polar surface area (TPSA) is 56.0 Å². The largest absolute Gasteiger partial charge is 0.417 e. The summed E-state index contributed by atoms with van der Waals surface area (Å²) in [5.74, 6) is -1.14. The summed E-state index contributed by atoms with van der Waals surface area (Å²) in [6.07, 6.45) is -3.76. The summed E-state index contributed by atoms with van der Waals surface area (Å²) < 4.78 is 37.2. The number of hydrogen-bond acceptors (Lipinski definition) is 2. The van der Waals surface area contributed by atoms with Gasteiger partial charge in [0.25, 0.3) is 5.91 Å². The number of nitrogens with zero attached hydrogens (tertiary/aromatic N) is 1. The molecule has 1 aromatic heterocycles. The van der Waals surface area contributed by atoms with Crippen molar-refractivity contribution in [1.82, 2.24) is 4.98 Å². The van der Waals surface area contributed by atoms with Gasteiger partial charge in [-0.05, 0) is 28.7 Å². The van der Waals surface area contributed by atoms with E-state index >= 15 is 0 Å². The highest BCUT2D eigenvalue weighted by atomic mass is 127. The smallest absolute Gasteiger partial charge is 0.366 e. The van der Waals surface area contributed by atoms with Crippen molar-refractivity contribution in [3.63, 3.8) is 0 Å². The average molecular weight is 316 g/mol. The first-order valence-corrected chi connectivity index (χ1v) is 4.43. The first kappa shape index (κ1) is 11.2. The van der Waals surface area contributed by atoms with E-state index in [1.54, 1.807) is 22.6 Å². The zero-order valence-electron chi connectivity index (χ0n) is 6.60. The van der Waals surface area contributed by atoms with Crippen LogP contribution < -0.4 is 5.73 Å². The van der Waals surface area contributed by atoms with E-state index in [0.29, 0.717) is 0 Å². The van der Waals surface area contributed by atoms with Crippen LogP contribution in [0, 0.1) is 3.70 Å². The zero-order valence-corrected chi connectivity index (χ0v) is 8.76. The van der Waals surface area contributed by atoms with Gasteiger partial charge in [-0.2, -0.15) is 13.2 Å². The van der Waals surface area contributed by atoms with Gasteiger partial charge in [-0.15, -0.1) is 0 Å². The number of rotatable bonds is 1. The minimum atomic E-state index is -4.59. The van der Waals surface area contributed by atoms with E-state index < -0.39 is 23.2 Å². The predicted octanol–water partition coefficient (Wildman–Crippen LogP) is 1.80. The Kier molecular flexibility index (Phi) is 2.98. The Hall–Kier alpha value is -0.860. The maximum atomic E-state index is 12.3. The lowest BCUT2D eigenvalue weighted by atomic mass is 10.1. The molecule has 0 atom stereocenters. The molecule has 0 aliphatic rings.